The Bertz CT molecular complexity index is 373. The minimum absolute atomic E-state index is 0.0249. The van der Waals surface area contributed by atoms with Crippen molar-refractivity contribution in [1.29, 1.82) is 0 Å². The second kappa shape index (κ2) is 5.05. The highest BCUT2D eigenvalue weighted by Gasteiger charge is 2.15. The van der Waals surface area contributed by atoms with Crippen LogP contribution in [-0.4, -0.2) is 38.9 Å². The maximum absolute atomic E-state index is 10.4. The van der Waals surface area contributed by atoms with Crippen molar-refractivity contribution < 1.29 is 10.0 Å². The zero-order chi connectivity index (χ0) is 11.3. The van der Waals surface area contributed by atoms with Gasteiger partial charge in [0.25, 0.3) is 0 Å². The second-order valence-electron chi connectivity index (χ2n) is 2.69. The van der Waals surface area contributed by atoms with Crippen molar-refractivity contribution >= 4 is 12.2 Å². The Morgan fingerprint density at radius 2 is 2.60 bits per heavy atom. The molecule has 0 fully saturated rings. The molecule has 0 aliphatic rings. The van der Waals surface area contributed by atoms with Gasteiger partial charge in [-0.1, -0.05) is 4.98 Å². The van der Waals surface area contributed by atoms with Crippen molar-refractivity contribution in [2.24, 2.45) is 12.1 Å². The van der Waals surface area contributed by atoms with Crippen LogP contribution in [0.4, 0.5) is 5.95 Å². The standard InChI is InChI=1S/C7H11N5O3/c1-11-6(5-10-9-2-3-13)4-8-7(11)12(14)15/h4-5,9,13H,2-3H2,1H3/b10-5+. The van der Waals surface area contributed by atoms with Crippen molar-refractivity contribution in [3.63, 3.8) is 0 Å². The van der Waals surface area contributed by atoms with Gasteiger partial charge in [0.1, 0.15) is 6.20 Å². The van der Waals surface area contributed by atoms with Crippen molar-refractivity contribution in [2.45, 2.75) is 0 Å². The fraction of sp³-hybridized carbons (Fsp3) is 0.429. The van der Waals surface area contributed by atoms with E-state index in [0.717, 1.165) is 0 Å². The van der Waals surface area contributed by atoms with Crippen LogP contribution in [0.5, 0.6) is 0 Å². The lowest BCUT2D eigenvalue weighted by Crippen LogP contribution is -2.11. The van der Waals surface area contributed by atoms with Crippen molar-refractivity contribution in [1.82, 2.24) is 15.0 Å². The van der Waals surface area contributed by atoms with Crippen LogP contribution in [0.25, 0.3) is 0 Å². The zero-order valence-corrected chi connectivity index (χ0v) is 8.12. The highest BCUT2D eigenvalue weighted by Crippen LogP contribution is 2.08. The molecule has 8 nitrogen and oxygen atoms in total. The van der Waals surface area contributed by atoms with Crippen LogP contribution in [0.3, 0.4) is 0 Å². The molecule has 1 aromatic rings. The van der Waals surface area contributed by atoms with Crippen molar-refractivity contribution in [3.05, 3.63) is 22.0 Å². The SMILES string of the molecule is Cn1c(/C=N/NCCO)cnc1[N+](=O)[O-]. The second-order valence-corrected chi connectivity index (χ2v) is 2.69. The van der Waals surface area contributed by atoms with E-state index in [0.29, 0.717) is 12.2 Å². The Morgan fingerprint density at radius 3 is 3.13 bits per heavy atom. The van der Waals surface area contributed by atoms with Gasteiger partial charge in [-0.15, -0.1) is 0 Å². The lowest BCUT2D eigenvalue weighted by molar-refractivity contribution is -0.396. The molecule has 0 aliphatic carbocycles. The molecule has 0 atom stereocenters. The molecule has 0 unspecified atom stereocenters. The summed E-state index contributed by atoms with van der Waals surface area (Å²) in [4.78, 5) is 13.5. The van der Waals surface area contributed by atoms with Crippen LogP contribution in [-0.2, 0) is 7.05 Å². The van der Waals surface area contributed by atoms with Crippen LogP contribution in [0.1, 0.15) is 5.69 Å². The molecule has 2 N–H and O–H groups in total. The maximum Gasteiger partial charge on any atom is 0.434 e. The molecule has 0 saturated heterocycles. The molecule has 0 spiro atoms. The van der Waals surface area contributed by atoms with Gasteiger partial charge in [0.15, 0.2) is 5.69 Å². The molecule has 0 aliphatic heterocycles. The molecule has 0 radical (unpaired) electrons. The summed E-state index contributed by atoms with van der Waals surface area (Å²) < 4.78 is 1.31. The zero-order valence-electron chi connectivity index (χ0n) is 8.12. The van der Waals surface area contributed by atoms with E-state index < -0.39 is 4.92 Å². The van der Waals surface area contributed by atoms with Gasteiger partial charge in [0, 0.05) is 0 Å². The van der Waals surface area contributed by atoms with Crippen LogP contribution in [0.15, 0.2) is 11.3 Å². The number of aliphatic hydroxyl groups excluding tert-OH is 1. The minimum Gasteiger partial charge on any atom is -0.394 e. The average molecular weight is 213 g/mol. The molecule has 82 valence electrons. The van der Waals surface area contributed by atoms with Gasteiger partial charge in [-0.05, 0) is 4.92 Å². The van der Waals surface area contributed by atoms with Gasteiger partial charge < -0.3 is 20.6 Å². The average Bonchev–Trinajstić information content (AvgIpc) is 2.55. The van der Waals surface area contributed by atoms with Crippen LogP contribution < -0.4 is 5.43 Å². The fourth-order valence-electron chi connectivity index (χ4n) is 0.928. The molecule has 1 rings (SSSR count). The monoisotopic (exact) mass is 213 g/mol. The number of nitrogens with zero attached hydrogens (tertiary/aromatic N) is 4. The molecule has 8 heteroatoms. The Kier molecular flexibility index (Phi) is 3.75. The number of rotatable bonds is 5. The summed E-state index contributed by atoms with van der Waals surface area (Å²) in [7, 11) is 1.53. The predicted molar refractivity (Wildman–Crippen MR) is 52.5 cm³/mol. The Labute approximate surface area is 85.4 Å². The highest BCUT2D eigenvalue weighted by molar-refractivity contribution is 5.77. The molecule has 1 aromatic heterocycles. The minimum atomic E-state index is -0.571. The number of aliphatic hydroxyl groups is 1. The molecule has 0 aromatic carbocycles. The quantitative estimate of drug-likeness (QED) is 0.289. The smallest absolute Gasteiger partial charge is 0.394 e. The van der Waals surface area contributed by atoms with E-state index in [9.17, 15) is 10.1 Å². The normalized spacial score (nSPS) is 10.8. The summed E-state index contributed by atoms with van der Waals surface area (Å²) in [6, 6.07) is 0. The van der Waals surface area contributed by atoms with Gasteiger partial charge in [-0.2, -0.15) is 5.10 Å². The van der Waals surface area contributed by atoms with Gasteiger partial charge in [-0.25, -0.2) is 4.57 Å². The molecule has 15 heavy (non-hydrogen) atoms. The summed E-state index contributed by atoms with van der Waals surface area (Å²) in [5, 5.41) is 22.6. The lowest BCUT2D eigenvalue weighted by Gasteiger charge is -1.95. The molecular formula is C7H11N5O3. The number of hydrazone groups is 1. The third-order valence-electron chi connectivity index (χ3n) is 1.67. The Balaban J connectivity index is 2.70. The molecule has 0 amide bonds. The first-order valence-corrected chi connectivity index (χ1v) is 4.19. The van der Waals surface area contributed by atoms with Crippen molar-refractivity contribution in [2.75, 3.05) is 13.2 Å². The number of nitro groups is 1. The van der Waals surface area contributed by atoms with Gasteiger partial charge >= 0.3 is 5.95 Å². The highest BCUT2D eigenvalue weighted by atomic mass is 16.6. The van der Waals surface area contributed by atoms with Gasteiger partial charge in [0.05, 0.1) is 26.4 Å². The van der Waals surface area contributed by atoms with Crippen LogP contribution in [0.2, 0.25) is 0 Å². The molecular weight excluding hydrogens is 202 g/mol. The van der Waals surface area contributed by atoms with E-state index in [1.165, 1.54) is 24.0 Å². The van der Waals surface area contributed by atoms with E-state index in [1.54, 1.807) is 0 Å². The summed E-state index contributed by atoms with van der Waals surface area (Å²) in [5.41, 5.74) is 3.06. The molecule has 1 heterocycles. The predicted octanol–water partition coefficient (Wildman–Crippen LogP) is -0.756. The van der Waals surface area contributed by atoms with Gasteiger partial charge in [-0.3, -0.25) is 0 Å². The Morgan fingerprint density at radius 1 is 1.87 bits per heavy atom. The van der Waals surface area contributed by atoms with E-state index >= 15 is 0 Å². The fourth-order valence-corrected chi connectivity index (χ4v) is 0.928. The number of hydrogen-bond acceptors (Lipinski definition) is 6. The summed E-state index contributed by atoms with van der Waals surface area (Å²) in [6.45, 7) is 0.305. The number of nitrogens with one attached hydrogen (secondary N) is 1. The van der Waals surface area contributed by atoms with Gasteiger partial charge in [0.2, 0.25) is 0 Å². The summed E-state index contributed by atoms with van der Waals surface area (Å²) >= 11 is 0. The molecule has 0 bridgehead atoms. The number of imidazole rings is 1. The van der Waals surface area contributed by atoms with E-state index in [1.807, 2.05) is 0 Å². The first kappa shape index (κ1) is 11.1. The third-order valence-corrected chi connectivity index (χ3v) is 1.67. The first-order valence-electron chi connectivity index (χ1n) is 4.19. The number of hydrogen-bond donors (Lipinski definition) is 2. The van der Waals surface area contributed by atoms with Crippen molar-refractivity contribution in [3.8, 4) is 0 Å². The first-order chi connectivity index (χ1) is 7.16. The lowest BCUT2D eigenvalue weighted by atomic mass is 10.5. The largest absolute Gasteiger partial charge is 0.434 e. The van der Waals surface area contributed by atoms with E-state index in [-0.39, 0.29) is 12.6 Å². The maximum atomic E-state index is 10.4. The van der Waals surface area contributed by atoms with E-state index in [2.05, 4.69) is 15.5 Å². The van der Waals surface area contributed by atoms with E-state index in [4.69, 9.17) is 5.11 Å². The topological polar surface area (TPSA) is 106 Å². The summed E-state index contributed by atoms with van der Waals surface area (Å²) in [5.74, 6) is -0.237. The number of aromatic nitrogens is 2. The summed E-state index contributed by atoms with van der Waals surface area (Å²) in [6.07, 6.45) is 2.75. The molecule has 0 saturated carbocycles. The van der Waals surface area contributed by atoms with Crippen LogP contribution >= 0.6 is 0 Å². The third kappa shape index (κ3) is 2.74. The van der Waals surface area contributed by atoms with Crippen LogP contribution in [0, 0.1) is 10.1 Å². The Hall–Kier alpha value is -1.96.